The first-order chi connectivity index (χ1) is 11.5. The first-order valence-electron chi connectivity index (χ1n) is 8.13. The quantitative estimate of drug-likeness (QED) is 0.911. The summed E-state index contributed by atoms with van der Waals surface area (Å²) in [4.78, 5) is 25.5. The molecule has 0 atom stereocenters. The SMILES string of the molecule is CCN1CCN(C(=O)c2cc(C)nc(Nc3cc(C)on3)n2)CC1. The van der Waals surface area contributed by atoms with Crippen molar-refractivity contribution >= 4 is 17.7 Å². The summed E-state index contributed by atoms with van der Waals surface area (Å²) in [7, 11) is 0. The Bertz CT molecular complexity index is 721. The van der Waals surface area contributed by atoms with Crippen LogP contribution in [0.1, 0.15) is 28.9 Å². The standard InChI is InChI=1S/C16H22N6O2/c1-4-21-5-7-22(8-6-21)15(23)13-9-11(2)17-16(18-13)19-14-10-12(3)24-20-14/h9-10H,4-8H2,1-3H3,(H,17,18,19,20). The number of aromatic nitrogens is 3. The first-order valence-corrected chi connectivity index (χ1v) is 8.13. The normalized spacial score (nSPS) is 15.5. The lowest BCUT2D eigenvalue weighted by Crippen LogP contribution is -2.48. The van der Waals surface area contributed by atoms with Crippen LogP contribution in [0, 0.1) is 13.8 Å². The molecule has 0 aromatic carbocycles. The molecule has 128 valence electrons. The third-order valence-electron chi connectivity index (χ3n) is 4.05. The molecule has 1 saturated heterocycles. The lowest BCUT2D eigenvalue weighted by atomic mass is 10.2. The van der Waals surface area contributed by atoms with Crippen molar-refractivity contribution < 1.29 is 9.32 Å². The number of anilines is 2. The number of hydrogen-bond donors (Lipinski definition) is 1. The minimum atomic E-state index is -0.0596. The number of piperazine rings is 1. The van der Waals surface area contributed by atoms with Crippen molar-refractivity contribution in [1.29, 1.82) is 0 Å². The lowest BCUT2D eigenvalue weighted by molar-refractivity contribution is 0.0637. The van der Waals surface area contributed by atoms with Gasteiger partial charge in [-0.2, -0.15) is 0 Å². The molecule has 24 heavy (non-hydrogen) atoms. The molecule has 0 aliphatic carbocycles. The molecule has 0 radical (unpaired) electrons. The molecule has 0 unspecified atom stereocenters. The van der Waals surface area contributed by atoms with E-state index in [1.165, 1.54) is 0 Å². The second-order valence-corrected chi connectivity index (χ2v) is 5.89. The summed E-state index contributed by atoms with van der Waals surface area (Å²) in [6, 6.07) is 3.46. The van der Waals surface area contributed by atoms with Gasteiger partial charge in [0.1, 0.15) is 11.5 Å². The number of aryl methyl sites for hydroxylation is 2. The Balaban J connectivity index is 1.74. The van der Waals surface area contributed by atoms with Crippen molar-refractivity contribution in [1.82, 2.24) is 24.9 Å². The molecule has 0 spiro atoms. The summed E-state index contributed by atoms with van der Waals surface area (Å²) in [6.07, 6.45) is 0. The molecule has 8 heteroatoms. The van der Waals surface area contributed by atoms with Crippen LogP contribution in [0.4, 0.5) is 11.8 Å². The van der Waals surface area contributed by atoms with Crippen LogP contribution < -0.4 is 5.32 Å². The van der Waals surface area contributed by atoms with Crippen molar-refractivity contribution in [2.75, 3.05) is 38.0 Å². The van der Waals surface area contributed by atoms with Crippen molar-refractivity contribution in [2.24, 2.45) is 0 Å². The van der Waals surface area contributed by atoms with E-state index in [2.05, 4.69) is 32.3 Å². The molecular formula is C16H22N6O2. The summed E-state index contributed by atoms with van der Waals surface area (Å²) in [5.41, 5.74) is 1.12. The van der Waals surface area contributed by atoms with Gasteiger partial charge in [-0.25, -0.2) is 9.97 Å². The van der Waals surface area contributed by atoms with Gasteiger partial charge in [-0.15, -0.1) is 0 Å². The van der Waals surface area contributed by atoms with Crippen LogP contribution in [0.15, 0.2) is 16.7 Å². The van der Waals surface area contributed by atoms with E-state index in [1.807, 2.05) is 11.8 Å². The molecule has 2 aromatic rings. The highest BCUT2D eigenvalue weighted by Gasteiger charge is 2.23. The van der Waals surface area contributed by atoms with Crippen molar-refractivity contribution in [3.05, 3.63) is 29.3 Å². The van der Waals surface area contributed by atoms with E-state index >= 15 is 0 Å². The third-order valence-corrected chi connectivity index (χ3v) is 4.05. The summed E-state index contributed by atoms with van der Waals surface area (Å²) in [5, 5.41) is 6.83. The van der Waals surface area contributed by atoms with E-state index in [0.29, 0.717) is 23.2 Å². The zero-order valence-corrected chi connectivity index (χ0v) is 14.2. The largest absolute Gasteiger partial charge is 0.360 e. The van der Waals surface area contributed by atoms with Gasteiger partial charge in [0, 0.05) is 37.9 Å². The van der Waals surface area contributed by atoms with Crippen LogP contribution in [0.2, 0.25) is 0 Å². The minimum absolute atomic E-state index is 0.0596. The van der Waals surface area contributed by atoms with E-state index in [-0.39, 0.29) is 5.91 Å². The van der Waals surface area contributed by atoms with E-state index in [0.717, 1.165) is 38.4 Å². The second kappa shape index (κ2) is 6.96. The lowest BCUT2D eigenvalue weighted by Gasteiger charge is -2.33. The van der Waals surface area contributed by atoms with Crippen LogP contribution >= 0.6 is 0 Å². The van der Waals surface area contributed by atoms with E-state index < -0.39 is 0 Å². The third kappa shape index (κ3) is 3.70. The molecular weight excluding hydrogens is 308 g/mol. The number of amides is 1. The molecule has 8 nitrogen and oxygen atoms in total. The Hall–Kier alpha value is -2.48. The Morgan fingerprint density at radius 1 is 1.21 bits per heavy atom. The summed E-state index contributed by atoms with van der Waals surface area (Å²) in [5.74, 6) is 1.50. The zero-order valence-electron chi connectivity index (χ0n) is 14.2. The molecule has 1 amide bonds. The minimum Gasteiger partial charge on any atom is -0.360 e. The topological polar surface area (TPSA) is 87.4 Å². The predicted molar refractivity (Wildman–Crippen MR) is 89.3 cm³/mol. The van der Waals surface area contributed by atoms with Crippen LogP contribution in [-0.2, 0) is 0 Å². The molecule has 1 aliphatic heterocycles. The molecule has 3 heterocycles. The maximum atomic E-state index is 12.7. The van der Waals surface area contributed by atoms with Crippen LogP contribution in [-0.4, -0.2) is 63.6 Å². The summed E-state index contributed by atoms with van der Waals surface area (Å²) >= 11 is 0. The van der Waals surface area contributed by atoms with Gasteiger partial charge in [-0.05, 0) is 26.5 Å². The van der Waals surface area contributed by atoms with Crippen LogP contribution in [0.25, 0.3) is 0 Å². The van der Waals surface area contributed by atoms with Crippen LogP contribution in [0.5, 0.6) is 0 Å². The average Bonchev–Trinajstić information content (AvgIpc) is 2.98. The van der Waals surface area contributed by atoms with Gasteiger partial charge >= 0.3 is 0 Å². The average molecular weight is 330 g/mol. The maximum Gasteiger partial charge on any atom is 0.272 e. The molecule has 0 saturated carbocycles. The van der Waals surface area contributed by atoms with Crippen molar-refractivity contribution in [3.8, 4) is 0 Å². The van der Waals surface area contributed by atoms with E-state index in [9.17, 15) is 4.79 Å². The molecule has 1 aliphatic rings. The number of nitrogens with one attached hydrogen (secondary N) is 1. The second-order valence-electron chi connectivity index (χ2n) is 5.89. The predicted octanol–water partition coefficient (Wildman–Crippen LogP) is 1.60. The van der Waals surface area contributed by atoms with Gasteiger partial charge in [0.2, 0.25) is 5.95 Å². The number of rotatable bonds is 4. The monoisotopic (exact) mass is 330 g/mol. The highest BCUT2D eigenvalue weighted by atomic mass is 16.5. The number of hydrogen-bond acceptors (Lipinski definition) is 7. The van der Waals surface area contributed by atoms with Crippen molar-refractivity contribution in [3.63, 3.8) is 0 Å². The van der Waals surface area contributed by atoms with E-state index in [1.54, 1.807) is 19.1 Å². The van der Waals surface area contributed by atoms with Gasteiger partial charge in [0.05, 0.1) is 0 Å². The molecule has 3 rings (SSSR count). The Kier molecular flexibility index (Phi) is 4.75. The smallest absolute Gasteiger partial charge is 0.272 e. The molecule has 1 N–H and O–H groups in total. The molecule has 2 aromatic heterocycles. The molecule has 0 bridgehead atoms. The van der Waals surface area contributed by atoms with Gasteiger partial charge in [-0.1, -0.05) is 12.1 Å². The fraction of sp³-hybridized carbons (Fsp3) is 0.500. The highest BCUT2D eigenvalue weighted by molar-refractivity contribution is 5.92. The Morgan fingerprint density at radius 3 is 2.58 bits per heavy atom. The molecule has 1 fully saturated rings. The van der Waals surface area contributed by atoms with Crippen LogP contribution in [0.3, 0.4) is 0 Å². The summed E-state index contributed by atoms with van der Waals surface area (Å²) in [6.45, 7) is 10.0. The maximum absolute atomic E-state index is 12.7. The number of nitrogens with zero attached hydrogens (tertiary/aromatic N) is 5. The number of likely N-dealkylation sites (N-methyl/N-ethyl adjacent to an activating group) is 1. The number of carbonyl (C=O) groups is 1. The Labute approximate surface area is 140 Å². The fourth-order valence-electron chi connectivity index (χ4n) is 2.70. The van der Waals surface area contributed by atoms with Gasteiger partial charge in [0.15, 0.2) is 5.82 Å². The van der Waals surface area contributed by atoms with Gasteiger partial charge in [0.25, 0.3) is 5.91 Å². The van der Waals surface area contributed by atoms with Crippen molar-refractivity contribution in [2.45, 2.75) is 20.8 Å². The van der Waals surface area contributed by atoms with Gasteiger partial charge < -0.3 is 19.6 Å². The Morgan fingerprint density at radius 2 is 1.96 bits per heavy atom. The highest BCUT2D eigenvalue weighted by Crippen LogP contribution is 2.15. The first kappa shape index (κ1) is 16.4. The zero-order chi connectivity index (χ0) is 17.1. The van der Waals surface area contributed by atoms with Gasteiger partial charge in [-0.3, -0.25) is 4.79 Å². The number of carbonyl (C=O) groups excluding carboxylic acids is 1. The summed E-state index contributed by atoms with van der Waals surface area (Å²) < 4.78 is 5.01. The van der Waals surface area contributed by atoms with E-state index in [4.69, 9.17) is 4.52 Å². The fourth-order valence-corrected chi connectivity index (χ4v) is 2.70.